The summed E-state index contributed by atoms with van der Waals surface area (Å²) in [6, 6.07) is 1.41. The second-order valence-corrected chi connectivity index (χ2v) is 3.13. The Bertz CT molecular complexity index is 447. The summed E-state index contributed by atoms with van der Waals surface area (Å²) in [5, 5.41) is 0. The van der Waals surface area contributed by atoms with Gasteiger partial charge in [0.15, 0.2) is 0 Å². The van der Waals surface area contributed by atoms with Gasteiger partial charge in [0, 0.05) is 25.9 Å². The molecule has 1 aromatic rings. The van der Waals surface area contributed by atoms with E-state index in [1.807, 2.05) is 6.92 Å². The van der Waals surface area contributed by atoms with E-state index in [1.54, 1.807) is 7.05 Å². The minimum atomic E-state index is -0.337. The average molecular weight is 213 g/mol. The van der Waals surface area contributed by atoms with Crippen LogP contribution < -0.4 is 16.7 Å². The number of nitrogens with zero attached hydrogens (tertiary/aromatic N) is 2. The Balaban J connectivity index is 3.00. The third-order valence-electron chi connectivity index (χ3n) is 2.13. The van der Waals surface area contributed by atoms with Crippen LogP contribution in [0.2, 0.25) is 0 Å². The lowest BCUT2D eigenvalue weighted by Gasteiger charge is -2.09. The van der Waals surface area contributed by atoms with Crippen LogP contribution in [-0.2, 0) is 25.5 Å². The molecule has 0 saturated heterocycles. The molecule has 0 aliphatic heterocycles. The molecule has 0 saturated carbocycles. The van der Waals surface area contributed by atoms with Gasteiger partial charge in [0.25, 0.3) is 5.56 Å². The molecule has 0 aromatic carbocycles. The molecule has 0 spiro atoms. The maximum absolute atomic E-state index is 11.5. The van der Waals surface area contributed by atoms with Gasteiger partial charge in [-0.3, -0.25) is 13.9 Å². The van der Waals surface area contributed by atoms with Crippen LogP contribution in [0.25, 0.3) is 0 Å². The van der Waals surface area contributed by atoms with Crippen molar-refractivity contribution in [3.63, 3.8) is 0 Å². The predicted octanol–water partition coefficient (Wildman–Crippen LogP) is -0.875. The van der Waals surface area contributed by atoms with Crippen molar-refractivity contribution in [2.45, 2.75) is 13.5 Å². The second-order valence-electron chi connectivity index (χ2n) is 3.13. The van der Waals surface area contributed by atoms with Crippen molar-refractivity contribution in [3.8, 4) is 0 Å². The van der Waals surface area contributed by atoms with Gasteiger partial charge in [0.2, 0.25) is 0 Å². The lowest BCUT2D eigenvalue weighted by atomic mass is 10.4. The standard InChI is InChI=1S/C9H15N3O3/c1-4-15-10-6-7-5-8(13)12(3)9(14)11(7)2/h5,10H,4,6H2,1-3H3. The van der Waals surface area contributed by atoms with Crippen LogP contribution in [0.1, 0.15) is 12.6 Å². The molecule has 1 rings (SSSR count). The average Bonchev–Trinajstić information content (AvgIpc) is 2.23. The van der Waals surface area contributed by atoms with Crippen molar-refractivity contribution in [1.29, 1.82) is 0 Å². The second kappa shape index (κ2) is 4.90. The van der Waals surface area contributed by atoms with E-state index in [0.29, 0.717) is 18.8 Å². The van der Waals surface area contributed by atoms with Crippen molar-refractivity contribution in [1.82, 2.24) is 14.6 Å². The number of hydrogen-bond acceptors (Lipinski definition) is 4. The number of nitrogens with one attached hydrogen (secondary N) is 1. The van der Waals surface area contributed by atoms with Gasteiger partial charge >= 0.3 is 5.69 Å². The fraction of sp³-hybridized carbons (Fsp3) is 0.556. The minimum Gasteiger partial charge on any atom is -0.302 e. The molecule has 1 aromatic heterocycles. The molecule has 1 N–H and O–H groups in total. The van der Waals surface area contributed by atoms with E-state index in [9.17, 15) is 9.59 Å². The number of hydrogen-bond donors (Lipinski definition) is 1. The van der Waals surface area contributed by atoms with Gasteiger partial charge in [0.1, 0.15) is 0 Å². The number of rotatable bonds is 4. The zero-order valence-corrected chi connectivity index (χ0v) is 9.11. The highest BCUT2D eigenvalue weighted by atomic mass is 16.6. The van der Waals surface area contributed by atoms with E-state index in [2.05, 4.69) is 5.48 Å². The van der Waals surface area contributed by atoms with E-state index in [1.165, 1.54) is 17.7 Å². The van der Waals surface area contributed by atoms with Gasteiger partial charge in [-0.25, -0.2) is 4.79 Å². The highest BCUT2D eigenvalue weighted by Gasteiger charge is 2.04. The maximum Gasteiger partial charge on any atom is 0.330 e. The molecule has 0 amide bonds. The van der Waals surface area contributed by atoms with Crippen LogP contribution in [0, 0.1) is 0 Å². The quantitative estimate of drug-likeness (QED) is 0.521. The van der Waals surface area contributed by atoms with Crippen LogP contribution in [0.3, 0.4) is 0 Å². The van der Waals surface area contributed by atoms with Crippen molar-refractivity contribution in [2.24, 2.45) is 14.1 Å². The lowest BCUT2D eigenvalue weighted by molar-refractivity contribution is 0.0448. The summed E-state index contributed by atoms with van der Waals surface area (Å²) in [6.07, 6.45) is 0. The molecule has 84 valence electrons. The smallest absolute Gasteiger partial charge is 0.302 e. The molecule has 1 heterocycles. The third kappa shape index (κ3) is 2.54. The molecule has 6 nitrogen and oxygen atoms in total. The summed E-state index contributed by atoms with van der Waals surface area (Å²) in [5.41, 5.74) is 2.60. The molecule has 15 heavy (non-hydrogen) atoms. The molecule has 0 aliphatic rings. The monoisotopic (exact) mass is 213 g/mol. The van der Waals surface area contributed by atoms with Crippen molar-refractivity contribution >= 4 is 0 Å². The highest BCUT2D eigenvalue weighted by molar-refractivity contribution is 5.01. The fourth-order valence-electron chi connectivity index (χ4n) is 1.17. The number of aromatic nitrogens is 2. The first-order chi connectivity index (χ1) is 7.07. The Labute approximate surface area is 87.1 Å². The van der Waals surface area contributed by atoms with Crippen LogP contribution in [0.4, 0.5) is 0 Å². The molecular formula is C9H15N3O3. The van der Waals surface area contributed by atoms with Gasteiger partial charge in [-0.2, -0.15) is 5.48 Å². The molecular weight excluding hydrogens is 198 g/mol. The lowest BCUT2D eigenvalue weighted by Crippen LogP contribution is -2.39. The van der Waals surface area contributed by atoms with Gasteiger partial charge in [-0.1, -0.05) is 0 Å². The van der Waals surface area contributed by atoms with E-state index < -0.39 is 0 Å². The fourth-order valence-corrected chi connectivity index (χ4v) is 1.17. The zero-order chi connectivity index (χ0) is 11.4. The van der Waals surface area contributed by atoms with Crippen molar-refractivity contribution in [2.75, 3.05) is 6.61 Å². The molecule has 6 heteroatoms. The minimum absolute atomic E-state index is 0.314. The van der Waals surface area contributed by atoms with Crippen molar-refractivity contribution < 1.29 is 4.84 Å². The first-order valence-corrected chi connectivity index (χ1v) is 4.68. The summed E-state index contributed by atoms with van der Waals surface area (Å²) in [4.78, 5) is 27.8. The molecule has 0 bridgehead atoms. The van der Waals surface area contributed by atoms with E-state index in [-0.39, 0.29) is 11.2 Å². The maximum atomic E-state index is 11.5. The molecule has 0 fully saturated rings. The predicted molar refractivity (Wildman–Crippen MR) is 55.4 cm³/mol. The highest BCUT2D eigenvalue weighted by Crippen LogP contribution is 1.89. The SMILES string of the molecule is CCONCc1cc(=O)n(C)c(=O)n1C. The largest absolute Gasteiger partial charge is 0.330 e. The summed E-state index contributed by atoms with van der Waals surface area (Å²) >= 11 is 0. The zero-order valence-electron chi connectivity index (χ0n) is 9.11. The summed E-state index contributed by atoms with van der Waals surface area (Å²) in [5.74, 6) is 0. The number of hydroxylamine groups is 1. The van der Waals surface area contributed by atoms with Crippen LogP contribution in [0.5, 0.6) is 0 Å². The van der Waals surface area contributed by atoms with Crippen LogP contribution >= 0.6 is 0 Å². The van der Waals surface area contributed by atoms with Crippen LogP contribution in [0.15, 0.2) is 15.7 Å². The van der Waals surface area contributed by atoms with Gasteiger partial charge in [-0.05, 0) is 6.92 Å². The van der Waals surface area contributed by atoms with Gasteiger partial charge in [-0.15, -0.1) is 0 Å². The molecule has 0 unspecified atom stereocenters. The Hall–Kier alpha value is -1.40. The van der Waals surface area contributed by atoms with Crippen molar-refractivity contribution in [3.05, 3.63) is 32.6 Å². The molecule has 0 radical (unpaired) electrons. The van der Waals surface area contributed by atoms with Gasteiger partial charge in [0.05, 0.1) is 13.2 Å². The van der Waals surface area contributed by atoms with Gasteiger partial charge < -0.3 is 4.84 Å². The first kappa shape index (κ1) is 11.7. The topological polar surface area (TPSA) is 65.3 Å². The molecule has 0 atom stereocenters. The summed E-state index contributed by atoms with van der Waals surface area (Å²) < 4.78 is 2.47. The first-order valence-electron chi connectivity index (χ1n) is 4.68. The Morgan fingerprint density at radius 2 is 2.00 bits per heavy atom. The Morgan fingerprint density at radius 1 is 1.33 bits per heavy atom. The van der Waals surface area contributed by atoms with Crippen LogP contribution in [-0.4, -0.2) is 15.7 Å². The third-order valence-corrected chi connectivity index (χ3v) is 2.13. The summed E-state index contributed by atoms with van der Waals surface area (Å²) in [6.45, 7) is 2.70. The summed E-state index contributed by atoms with van der Waals surface area (Å²) in [7, 11) is 3.06. The molecule has 0 aliphatic carbocycles. The normalized spacial score (nSPS) is 10.6. The van der Waals surface area contributed by atoms with E-state index >= 15 is 0 Å². The van der Waals surface area contributed by atoms with E-state index in [4.69, 9.17) is 4.84 Å². The van der Waals surface area contributed by atoms with E-state index in [0.717, 1.165) is 4.57 Å². The Morgan fingerprint density at radius 3 is 2.60 bits per heavy atom. The Kier molecular flexibility index (Phi) is 3.81.